The molecule has 1 saturated heterocycles. The lowest BCUT2D eigenvalue weighted by Gasteiger charge is -2.36. The molecule has 25 heavy (non-hydrogen) atoms. The molecule has 6 heteroatoms. The number of esters is 2. The highest BCUT2D eigenvalue weighted by Crippen LogP contribution is 2.33. The number of cyclic esters (lactones) is 1. The highest BCUT2D eigenvalue weighted by Gasteiger charge is 2.43. The first-order valence-electron chi connectivity index (χ1n) is 9.29. The molecule has 0 aromatic rings. The van der Waals surface area contributed by atoms with Crippen molar-refractivity contribution in [1.29, 1.82) is 0 Å². The van der Waals surface area contributed by atoms with E-state index in [-0.39, 0.29) is 43.1 Å². The van der Waals surface area contributed by atoms with E-state index in [4.69, 9.17) is 13.9 Å². The fourth-order valence-electron chi connectivity index (χ4n) is 3.10. The SMILES string of the molecule is C=C[C@H]1OC(=O)C[C@@H]1[C@H](COC(=O)C(C)(C)C)O[Si](CC)(CC)CC. The molecule has 0 unspecified atom stereocenters. The first-order valence-corrected chi connectivity index (χ1v) is 11.8. The van der Waals surface area contributed by atoms with Crippen LogP contribution in [0.25, 0.3) is 0 Å². The lowest BCUT2D eigenvalue weighted by atomic mass is 9.94. The van der Waals surface area contributed by atoms with Gasteiger partial charge in [0.15, 0.2) is 8.32 Å². The van der Waals surface area contributed by atoms with Crippen LogP contribution in [-0.2, 0) is 23.5 Å². The first kappa shape index (κ1) is 21.9. The Labute approximate surface area is 153 Å². The van der Waals surface area contributed by atoms with Crippen molar-refractivity contribution in [2.24, 2.45) is 11.3 Å². The Hall–Kier alpha value is -1.14. The summed E-state index contributed by atoms with van der Waals surface area (Å²) in [6, 6.07) is 2.97. The van der Waals surface area contributed by atoms with Gasteiger partial charge in [0.25, 0.3) is 0 Å². The molecule has 144 valence electrons. The van der Waals surface area contributed by atoms with E-state index in [2.05, 4.69) is 27.4 Å². The lowest BCUT2D eigenvalue weighted by molar-refractivity contribution is -0.156. The molecule has 0 aromatic carbocycles. The molecule has 1 heterocycles. The maximum Gasteiger partial charge on any atom is 0.311 e. The Morgan fingerprint density at radius 1 is 1.32 bits per heavy atom. The molecule has 0 aliphatic carbocycles. The summed E-state index contributed by atoms with van der Waals surface area (Å²) in [6.07, 6.45) is 1.19. The fraction of sp³-hybridized carbons (Fsp3) is 0.789. The van der Waals surface area contributed by atoms with E-state index in [9.17, 15) is 9.59 Å². The van der Waals surface area contributed by atoms with Gasteiger partial charge in [-0.05, 0) is 38.9 Å². The number of carbonyl (C=O) groups is 2. The Balaban J connectivity index is 2.99. The largest absolute Gasteiger partial charge is 0.463 e. The summed E-state index contributed by atoms with van der Waals surface area (Å²) in [7, 11) is -1.92. The van der Waals surface area contributed by atoms with Crippen molar-refractivity contribution in [1.82, 2.24) is 0 Å². The van der Waals surface area contributed by atoms with Gasteiger partial charge in [-0.1, -0.05) is 33.4 Å². The van der Waals surface area contributed by atoms with Gasteiger partial charge in [0.05, 0.1) is 17.9 Å². The minimum absolute atomic E-state index is 0.149. The maximum atomic E-state index is 12.2. The summed E-state index contributed by atoms with van der Waals surface area (Å²) in [4.78, 5) is 24.0. The van der Waals surface area contributed by atoms with Crippen LogP contribution in [0, 0.1) is 11.3 Å². The van der Waals surface area contributed by atoms with Gasteiger partial charge in [-0.25, -0.2) is 0 Å². The molecule has 0 aromatic heterocycles. The van der Waals surface area contributed by atoms with E-state index in [0.29, 0.717) is 0 Å². The molecule has 3 atom stereocenters. The van der Waals surface area contributed by atoms with Crippen LogP contribution in [0.3, 0.4) is 0 Å². The van der Waals surface area contributed by atoms with E-state index in [1.165, 1.54) is 0 Å². The second kappa shape index (κ2) is 8.99. The van der Waals surface area contributed by atoms with Crippen molar-refractivity contribution in [3.05, 3.63) is 12.7 Å². The average molecular weight is 371 g/mol. The number of rotatable bonds is 9. The summed E-state index contributed by atoms with van der Waals surface area (Å²) >= 11 is 0. The zero-order valence-electron chi connectivity index (χ0n) is 16.6. The second-order valence-electron chi connectivity index (χ2n) is 7.81. The normalized spacial score (nSPS) is 22.4. The number of carbonyl (C=O) groups excluding carboxylic acids is 2. The summed E-state index contributed by atoms with van der Waals surface area (Å²) in [5, 5.41) is 0. The summed E-state index contributed by atoms with van der Waals surface area (Å²) in [5.74, 6) is -0.671. The molecular weight excluding hydrogens is 336 g/mol. The molecular formula is C19H34O5Si. The Bertz CT molecular complexity index is 470. The van der Waals surface area contributed by atoms with Crippen molar-refractivity contribution in [3.8, 4) is 0 Å². The molecule has 1 aliphatic rings. The molecule has 0 spiro atoms. The zero-order chi connectivity index (χ0) is 19.3. The van der Waals surface area contributed by atoms with Gasteiger partial charge in [-0.2, -0.15) is 0 Å². The van der Waals surface area contributed by atoms with Crippen LogP contribution in [0.15, 0.2) is 12.7 Å². The summed E-state index contributed by atoms with van der Waals surface area (Å²) < 4.78 is 17.5. The van der Waals surface area contributed by atoms with Gasteiger partial charge >= 0.3 is 11.9 Å². The molecule has 0 bridgehead atoms. The maximum absolute atomic E-state index is 12.2. The second-order valence-corrected chi connectivity index (χ2v) is 12.5. The number of hydrogen-bond acceptors (Lipinski definition) is 5. The molecule has 0 N–H and O–H groups in total. The highest BCUT2D eigenvalue weighted by molar-refractivity contribution is 6.73. The van der Waals surface area contributed by atoms with Crippen molar-refractivity contribution in [2.75, 3.05) is 6.61 Å². The van der Waals surface area contributed by atoms with Gasteiger partial charge in [0, 0.05) is 5.92 Å². The molecule has 1 fully saturated rings. The Morgan fingerprint density at radius 3 is 2.32 bits per heavy atom. The first-order chi connectivity index (χ1) is 11.6. The quantitative estimate of drug-likeness (QED) is 0.348. The lowest BCUT2D eigenvalue weighted by Crippen LogP contribution is -2.46. The van der Waals surface area contributed by atoms with E-state index in [1.807, 2.05) is 20.8 Å². The fourth-order valence-corrected chi connectivity index (χ4v) is 5.99. The number of ether oxygens (including phenoxy) is 2. The summed E-state index contributed by atoms with van der Waals surface area (Å²) in [5.41, 5.74) is -0.570. The predicted molar refractivity (Wildman–Crippen MR) is 101 cm³/mol. The highest BCUT2D eigenvalue weighted by atomic mass is 28.4. The Morgan fingerprint density at radius 2 is 1.88 bits per heavy atom. The molecule has 0 saturated carbocycles. The smallest absolute Gasteiger partial charge is 0.311 e. The van der Waals surface area contributed by atoms with Crippen molar-refractivity contribution in [3.63, 3.8) is 0 Å². The standard InChI is InChI=1S/C19H34O5Si/c1-8-15-14(12-17(20)23-15)16(13-22-18(21)19(5,6)7)24-25(9-2,10-3)11-4/h8,14-16H,1,9-13H2,2-7H3/t14-,15+,16-/m0/s1. The number of hydrogen-bond donors (Lipinski definition) is 0. The monoisotopic (exact) mass is 370 g/mol. The zero-order valence-corrected chi connectivity index (χ0v) is 17.6. The van der Waals surface area contributed by atoms with Crippen LogP contribution in [0.1, 0.15) is 48.0 Å². The third kappa shape index (κ3) is 5.68. The van der Waals surface area contributed by atoms with Crippen molar-refractivity contribution < 1.29 is 23.5 Å². The van der Waals surface area contributed by atoms with Crippen LogP contribution in [0.2, 0.25) is 18.1 Å². The van der Waals surface area contributed by atoms with Crippen LogP contribution in [0.4, 0.5) is 0 Å². The van der Waals surface area contributed by atoms with E-state index >= 15 is 0 Å². The molecule has 0 amide bonds. The molecule has 5 nitrogen and oxygen atoms in total. The predicted octanol–water partition coefficient (Wildman–Crippen LogP) is 4.08. The minimum Gasteiger partial charge on any atom is -0.463 e. The van der Waals surface area contributed by atoms with Gasteiger partial charge in [-0.3, -0.25) is 9.59 Å². The molecule has 0 radical (unpaired) electrons. The van der Waals surface area contributed by atoms with Crippen LogP contribution < -0.4 is 0 Å². The minimum atomic E-state index is -1.92. The summed E-state index contributed by atoms with van der Waals surface area (Å²) in [6.45, 7) is 15.8. The van der Waals surface area contributed by atoms with Crippen molar-refractivity contribution >= 4 is 20.3 Å². The van der Waals surface area contributed by atoms with Gasteiger partial charge in [0.2, 0.25) is 0 Å². The topological polar surface area (TPSA) is 61.8 Å². The third-order valence-corrected chi connectivity index (χ3v) is 9.80. The van der Waals surface area contributed by atoms with Gasteiger partial charge < -0.3 is 13.9 Å². The van der Waals surface area contributed by atoms with E-state index < -0.39 is 13.7 Å². The Kier molecular flexibility index (Phi) is 7.87. The van der Waals surface area contributed by atoms with E-state index in [1.54, 1.807) is 6.08 Å². The molecule has 1 rings (SSSR count). The average Bonchev–Trinajstić information content (AvgIpc) is 2.95. The van der Waals surface area contributed by atoms with Crippen LogP contribution >= 0.6 is 0 Å². The van der Waals surface area contributed by atoms with E-state index in [0.717, 1.165) is 18.1 Å². The van der Waals surface area contributed by atoms with Crippen LogP contribution in [0.5, 0.6) is 0 Å². The van der Waals surface area contributed by atoms with Gasteiger partial charge in [-0.15, -0.1) is 0 Å². The van der Waals surface area contributed by atoms with Gasteiger partial charge in [0.1, 0.15) is 12.7 Å². The van der Waals surface area contributed by atoms with Crippen molar-refractivity contribution in [2.45, 2.75) is 78.3 Å². The van der Waals surface area contributed by atoms with Crippen LogP contribution in [-0.4, -0.2) is 39.1 Å². The molecule has 1 aliphatic heterocycles. The third-order valence-electron chi connectivity index (χ3n) is 5.13.